The summed E-state index contributed by atoms with van der Waals surface area (Å²) >= 11 is 0. The van der Waals surface area contributed by atoms with Gasteiger partial charge in [-0.3, -0.25) is 4.79 Å². The van der Waals surface area contributed by atoms with Gasteiger partial charge < -0.3 is 9.64 Å². The van der Waals surface area contributed by atoms with Crippen LogP contribution in [0, 0.1) is 18.7 Å². The van der Waals surface area contributed by atoms with Crippen molar-refractivity contribution in [3.05, 3.63) is 58.7 Å². The molecule has 0 aliphatic heterocycles. The van der Waals surface area contributed by atoms with Crippen LogP contribution in [0.3, 0.4) is 0 Å². The van der Waals surface area contributed by atoms with Crippen molar-refractivity contribution < 1.29 is 13.9 Å². The number of hydrogen-bond donors (Lipinski definition) is 0. The average molecular weight is 413 g/mol. The molecule has 0 N–H and O–H groups in total. The van der Waals surface area contributed by atoms with Gasteiger partial charge in [0.15, 0.2) is 5.65 Å². The Labute approximate surface area is 176 Å². The first-order valence-corrected chi connectivity index (χ1v) is 10.3. The fraction of sp³-hybridized carbons (Fsp3) is 0.435. The van der Waals surface area contributed by atoms with E-state index in [-0.39, 0.29) is 11.8 Å². The zero-order valence-electron chi connectivity index (χ0n) is 18.3. The summed E-state index contributed by atoms with van der Waals surface area (Å²) in [5, 5.41) is 4.75. The van der Waals surface area contributed by atoms with Gasteiger partial charge in [-0.25, -0.2) is 9.37 Å². The molecule has 2 aromatic heterocycles. The number of aryl methyl sites for hydroxylation is 2. The topological polar surface area (TPSA) is 59.7 Å². The monoisotopic (exact) mass is 412 g/mol. The van der Waals surface area contributed by atoms with Crippen molar-refractivity contribution in [3.8, 4) is 5.88 Å². The molecule has 0 atom stereocenters. The van der Waals surface area contributed by atoms with Crippen molar-refractivity contribution >= 4 is 11.6 Å². The second-order valence-electron chi connectivity index (χ2n) is 7.94. The second-order valence-corrected chi connectivity index (χ2v) is 7.94. The van der Waals surface area contributed by atoms with E-state index in [0.717, 1.165) is 35.4 Å². The molecule has 0 bridgehead atoms. The highest BCUT2D eigenvalue weighted by atomic mass is 19.1. The fourth-order valence-corrected chi connectivity index (χ4v) is 3.62. The number of carbonyl (C=O) groups excluding carboxylic acids is 1. The number of aromatic nitrogens is 3. The van der Waals surface area contributed by atoms with Crippen LogP contribution in [0.25, 0.3) is 5.65 Å². The maximum Gasteiger partial charge on any atom is 0.254 e. The third kappa shape index (κ3) is 4.61. The maximum absolute atomic E-state index is 13.7. The summed E-state index contributed by atoms with van der Waals surface area (Å²) < 4.78 is 20.9. The van der Waals surface area contributed by atoms with Crippen LogP contribution in [0.15, 0.2) is 30.3 Å². The Bertz CT molecular complexity index is 1050. The molecule has 30 heavy (non-hydrogen) atoms. The van der Waals surface area contributed by atoms with Gasteiger partial charge in [0.2, 0.25) is 5.88 Å². The molecule has 0 saturated carbocycles. The minimum absolute atomic E-state index is 0.209. The minimum atomic E-state index is -0.422. The van der Waals surface area contributed by atoms with Gasteiger partial charge in [0.1, 0.15) is 5.82 Å². The largest absolute Gasteiger partial charge is 0.481 e. The van der Waals surface area contributed by atoms with E-state index in [0.29, 0.717) is 24.5 Å². The van der Waals surface area contributed by atoms with Crippen molar-refractivity contribution in [2.45, 2.75) is 47.1 Å². The van der Waals surface area contributed by atoms with Crippen molar-refractivity contribution in [1.29, 1.82) is 0 Å². The predicted octanol–water partition coefficient (Wildman–Crippen LogP) is 4.44. The van der Waals surface area contributed by atoms with E-state index >= 15 is 0 Å². The normalized spacial score (nSPS) is 11.3. The summed E-state index contributed by atoms with van der Waals surface area (Å²) in [5.41, 5.74) is 3.74. The lowest BCUT2D eigenvalue weighted by molar-refractivity contribution is 0.0719. The predicted molar refractivity (Wildman–Crippen MR) is 114 cm³/mol. The quantitative estimate of drug-likeness (QED) is 0.549. The molecule has 160 valence electrons. The molecular weight excluding hydrogens is 383 g/mol. The molecule has 0 saturated heterocycles. The summed E-state index contributed by atoms with van der Waals surface area (Å²) in [4.78, 5) is 19.6. The molecule has 3 rings (SSSR count). The van der Waals surface area contributed by atoms with E-state index in [1.165, 1.54) is 12.1 Å². The summed E-state index contributed by atoms with van der Waals surface area (Å²) in [6, 6.07) is 7.65. The zero-order chi connectivity index (χ0) is 21.8. The van der Waals surface area contributed by atoms with Gasteiger partial charge in [0, 0.05) is 29.4 Å². The molecule has 0 radical (unpaired) electrons. The van der Waals surface area contributed by atoms with Crippen LogP contribution in [0.4, 0.5) is 4.39 Å². The molecule has 1 aromatic carbocycles. The Balaban J connectivity index is 2.05. The van der Waals surface area contributed by atoms with Crippen molar-refractivity contribution in [2.75, 3.05) is 13.7 Å². The van der Waals surface area contributed by atoms with Crippen LogP contribution in [-0.2, 0) is 13.0 Å². The lowest BCUT2D eigenvalue weighted by atomic mass is 10.1. The van der Waals surface area contributed by atoms with Gasteiger partial charge in [0.05, 0.1) is 19.3 Å². The Hall–Kier alpha value is -2.96. The summed E-state index contributed by atoms with van der Waals surface area (Å²) in [6.45, 7) is 8.99. The van der Waals surface area contributed by atoms with Crippen LogP contribution in [0.1, 0.15) is 54.5 Å². The summed E-state index contributed by atoms with van der Waals surface area (Å²) in [5.74, 6) is 0.227. The maximum atomic E-state index is 13.7. The average Bonchev–Trinajstić information content (AvgIpc) is 3.03. The van der Waals surface area contributed by atoms with E-state index in [2.05, 4.69) is 25.8 Å². The number of methoxy groups -OCH3 is 1. The molecule has 0 aliphatic rings. The first-order chi connectivity index (χ1) is 14.3. The first kappa shape index (κ1) is 21.7. The fourth-order valence-electron chi connectivity index (χ4n) is 3.62. The highest BCUT2D eigenvalue weighted by Crippen LogP contribution is 2.24. The van der Waals surface area contributed by atoms with Crippen molar-refractivity contribution in [1.82, 2.24) is 19.5 Å². The number of fused-ring (bicyclic) bond motifs is 1. The molecule has 1 amide bonds. The number of carbonyl (C=O) groups is 1. The number of hydrogen-bond acceptors (Lipinski definition) is 4. The van der Waals surface area contributed by atoms with E-state index < -0.39 is 5.82 Å². The van der Waals surface area contributed by atoms with Crippen LogP contribution in [-0.4, -0.2) is 39.1 Å². The van der Waals surface area contributed by atoms with Crippen LogP contribution in [0.5, 0.6) is 5.88 Å². The molecule has 0 aliphatic carbocycles. The number of ether oxygens (including phenoxy) is 1. The van der Waals surface area contributed by atoms with Gasteiger partial charge in [-0.15, -0.1) is 0 Å². The molecule has 0 unspecified atom stereocenters. The Morgan fingerprint density at radius 2 is 2.07 bits per heavy atom. The first-order valence-electron chi connectivity index (χ1n) is 10.3. The van der Waals surface area contributed by atoms with Crippen molar-refractivity contribution in [2.24, 2.45) is 5.92 Å². The van der Waals surface area contributed by atoms with Gasteiger partial charge >= 0.3 is 0 Å². The third-order valence-electron chi connectivity index (χ3n) is 4.86. The van der Waals surface area contributed by atoms with Gasteiger partial charge in [-0.05, 0) is 37.5 Å². The van der Waals surface area contributed by atoms with Gasteiger partial charge in [0.25, 0.3) is 5.91 Å². The van der Waals surface area contributed by atoms with Gasteiger partial charge in [-0.2, -0.15) is 9.61 Å². The molecule has 7 heteroatoms. The number of nitrogens with zero attached hydrogens (tertiary/aromatic N) is 4. The molecule has 2 heterocycles. The zero-order valence-corrected chi connectivity index (χ0v) is 18.3. The summed E-state index contributed by atoms with van der Waals surface area (Å²) in [6.07, 6.45) is 1.72. The lowest BCUT2D eigenvalue weighted by Crippen LogP contribution is -2.34. The highest BCUT2D eigenvalue weighted by molar-refractivity contribution is 5.94. The smallest absolute Gasteiger partial charge is 0.254 e. The lowest BCUT2D eigenvalue weighted by Gasteiger charge is -2.24. The van der Waals surface area contributed by atoms with E-state index in [1.807, 2.05) is 13.0 Å². The minimum Gasteiger partial charge on any atom is -0.481 e. The molecule has 3 aromatic rings. The molecule has 0 spiro atoms. The summed E-state index contributed by atoms with van der Waals surface area (Å²) in [7, 11) is 1.60. The Morgan fingerprint density at radius 1 is 1.30 bits per heavy atom. The molecule has 0 fully saturated rings. The van der Waals surface area contributed by atoms with E-state index in [1.54, 1.807) is 28.7 Å². The second kappa shape index (κ2) is 9.24. The molecule has 6 nitrogen and oxygen atoms in total. The van der Waals surface area contributed by atoms with Crippen LogP contribution < -0.4 is 4.74 Å². The van der Waals surface area contributed by atoms with Crippen LogP contribution >= 0.6 is 0 Å². The SMILES string of the molecule is CCCc1c(CN(CC(C)C)C(=O)c2cccc(F)c2)nn2c(OC)cc(C)nc12. The number of rotatable bonds is 8. The highest BCUT2D eigenvalue weighted by Gasteiger charge is 2.23. The standard InChI is InChI=1S/C23H29FN4O2/c1-6-8-19-20(26-28-21(30-5)11-16(4)25-22(19)28)14-27(13-15(2)3)23(29)17-9-7-10-18(24)12-17/h7,9-12,15H,6,8,13-14H2,1-5H3. The number of halogens is 1. The number of amides is 1. The van der Waals surface area contributed by atoms with Crippen molar-refractivity contribution in [3.63, 3.8) is 0 Å². The Kier molecular flexibility index (Phi) is 6.70. The Morgan fingerprint density at radius 3 is 2.70 bits per heavy atom. The number of benzene rings is 1. The van der Waals surface area contributed by atoms with E-state index in [9.17, 15) is 9.18 Å². The molecular formula is C23H29FN4O2. The van der Waals surface area contributed by atoms with E-state index in [4.69, 9.17) is 9.84 Å². The van der Waals surface area contributed by atoms with Gasteiger partial charge in [-0.1, -0.05) is 33.3 Å². The van der Waals surface area contributed by atoms with Crippen LogP contribution in [0.2, 0.25) is 0 Å². The third-order valence-corrected chi connectivity index (χ3v) is 4.86.